The van der Waals surface area contributed by atoms with Gasteiger partial charge >= 0.3 is 6.03 Å². The zero-order valence-electron chi connectivity index (χ0n) is 16.4. The van der Waals surface area contributed by atoms with Crippen LogP contribution in [0.25, 0.3) is 10.4 Å². The second kappa shape index (κ2) is 7.57. The summed E-state index contributed by atoms with van der Waals surface area (Å²) in [6.45, 7) is 1.16. The molecule has 0 radical (unpaired) electrons. The Morgan fingerprint density at radius 1 is 1.07 bits per heavy atom. The number of rotatable bonds is 2. The minimum absolute atomic E-state index is 0.0582. The molecule has 3 aromatic rings. The number of urea groups is 1. The Hall–Kier alpha value is -3.19. The van der Waals surface area contributed by atoms with E-state index in [1.807, 2.05) is 48.5 Å². The molecule has 2 aliphatic heterocycles. The largest absolute Gasteiger partial charge is 0.346 e. The number of nitrogens with one attached hydrogen (secondary N) is 2. The van der Waals surface area contributed by atoms with E-state index in [0.717, 1.165) is 16.0 Å². The van der Waals surface area contributed by atoms with E-state index in [2.05, 4.69) is 21.7 Å². The minimum atomic E-state index is -0.371. The molecule has 1 spiro atoms. The van der Waals surface area contributed by atoms with Gasteiger partial charge in [0.1, 0.15) is 0 Å². The molecule has 5 rings (SSSR count). The summed E-state index contributed by atoms with van der Waals surface area (Å²) in [7, 11) is 0. The van der Waals surface area contributed by atoms with Crippen LogP contribution in [0.3, 0.4) is 0 Å². The van der Waals surface area contributed by atoms with Crippen molar-refractivity contribution >= 4 is 28.4 Å². The van der Waals surface area contributed by atoms with Gasteiger partial charge in [0.25, 0.3) is 0 Å². The van der Waals surface area contributed by atoms with Crippen molar-refractivity contribution in [1.82, 2.24) is 15.2 Å². The molecular weight excluding hydrogens is 396 g/mol. The number of piperidine rings is 1. The highest BCUT2D eigenvalue weighted by atomic mass is 32.1. The van der Waals surface area contributed by atoms with Crippen LogP contribution in [-0.4, -0.2) is 34.9 Å². The van der Waals surface area contributed by atoms with E-state index in [4.69, 9.17) is 0 Å². The van der Waals surface area contributed by atoms with E-state index < -0.39 is 0 Å². The van der Waals surface area contributed by atoms with Crippen molar-refractivity contribution in [3.05, 3.63) is 71.9 Å². The van der Waals surface area contributed by atoms with Gasteiger partial charge in [-0.25, -0.2) is 9.78 Å². The molecule has 0 bridgehead atoms. The normalized spacial score (nSPS) is 17.3. The molecule has 7 heteroatoms. The van der Waals surface area contributed by atoms with E-state index >= 15 is 0 Å². The average Bonchev–Trinajstić information content (AvgIpc) is 3.23. The van der Waals surface area contributed by atoms with E-state index in [1.54, 1.807) is 11.1 Å². The molecule has 0 unspecified atom stereocenters. The first kappa shape index (κ1) is 18.8. The number of carbonyl (C=O) groups excluding carboxylic acids is 2. The Morgan fingerprint density at radius 2 is 1.80 bits per heavy atom. The van der Waals surface area contributed by atoms with Crippen LogP contribution in [0, 0.1) is 0 Å². The number of fused-ring (bicyclic) bond motifs is 2. The number of hydrogen-bond acceptors (Lipinski definition) is 4. The monoisotopic (exact) mass is 418 g/mol. The number of thiazole rings is 1. The highest BCUT2D eigenvalue weighted by Gasteiger charge is 2.42. The third kappa shape index (κ3) is 3.45. The van der Waals surface area contributed by atoms with E-state index in [-0.39, 0.29) is 17.5 Å². The number of carbonyl (C=O) groups is 2. The highest BCUT2D eigenvalue weighted by molar-refractivity contribution is 7.19. The standard InChI is InChI=1S/C23H22N4O2S/c28-20-14-17-8-4-5-9-18(17)23(26-20)10-12-27(13-11-23)22(29)25-21-24-15-19(30-21)16-6-2-1-3-7-16/h1-9,15H,10-14H2,(H,26,28)(H,24,25,29). The lowest BCUT2D eigenvalue weighted by molar-refractivity contribution is -0.123. The van der Waals surface area contributed by atoms with Gasteiger partial charge < -0.3 is 10.2 Å². The van der Waals surface area contributed by atoms with Gasteiger partial charge in [-0.15, -0.1) is 0 Å². The van der Waals surface area contributed by atoms with Crippen molar-refractivity contribution < 1.29 is 9.59 Å². The van der Waals surface area contributed by atoms with Gasteiger partial charge in [-0.2, -0.15) is 0 Å². The van der Waals surface area contributed by atoms with Gasteiger partial charge in [0, 0.05) is 19.3 Å². The molecule has 3 heterocycles. The topological polar surface area (TPSA) is 74.3 Å². The van der Waals surface area contributed by atoms with Crippen LogP contribution in [0.2, 0.25) is 0 Å². The second-order valence-corrected chi connectivity index (χ2v) is 8.81. The zero-order chi connectivity index (χ0) is 20.6. The summed E-state index contributed by atoms with van der Waals surface area (Å²) in [6.07, 6.45) is 3.62. The third-order valence-electron chi connectivity index (χ3n) is 5.94. The molecule has 0 aliphatic carbocycles. The lowest BCUT2D eigenvalue weighted by Gasteiger charge is -2.45. The van der Waals surface area contributed by atoms with Gasteiger partial charge in [-0.3, -0.25) is 10.1 Å². The van der Waals surface area contributed by atoms with Crippen LogP contribution in [-0.2, 0) is 16.8 Å². The predicted molar refractivity (Wildman–Crippen MR) is 117 cm³/mol. The molecule has 3 amide bonds. The van der Waals surface area contributed by atoms with Gasteiger partial charge in [0.05, 0.1) is 16.8 Å². The molecule has 30 heavy (non-hydrogen) atoms. The average molecular weight is 419 g/mol. The molecule has 0 saturated carbocycles. The quantitative estimate of drug-likeness (QED) is 0.660. The van der Waals surface area contributed by atoms with Crippen LogP contribution < -0.4 is 10.6 Å². The first-order valence-electron chi connectivity index (χ1n) is 10.1. The maximum Gasteiger partial charge on any atom is 0.323 e. The molecule has 1 fully saturated rings. The van der Waals surface area contributed by atoms with Gasteiger partial charge in [-0.1, -0.05) is 65.9 Å². The van der Waals surface area contributed by atoms with Crippen molar-refractivity contribution in [2.24, 2.45) is 0 Å². The van der Waals surface area contributed by atoms with Crippen molar-refractivity contribution in [2.75, 3.05) is 18.4 Å². The lowest BCUT2D eigenvalue weighted by atomic mass is 9.76. The first-order chi connectivity index (χ1) is 14.6. The van der Waals surface area contributed by atoms with Crippen LogP contribution in [0.5, 0.6) is 0 Å². The maximum atomic E-state index is 12.8. The predicted octanol–water partition coefficient (Wildman–Crippen LogP) is 4.01. The fourth-order valence-electron chi connectivity index (χ4n) is 4.42. The van der Waals surface area contributed by atoms with Crippen LogP contribution >= 0.6 is 11.3 Å². The van der Waals surface area contributed by atoms with Crippen LogP contribution in [0.15, 0.2) is 60.8 Å². The number of anilines is 1. The number of amides is 3. The Bertz CT molecular complexity index is 1090. The van der Waals surface area contributed by atoms with E-state index in [0.29, 0.717) is 37.5 Å². The second-order valence-electron chi connectivity index (χ2n) is 7.78. The molecule has 2 N–H and O–H groups in total. The summed E-state index contributed by atoms with van der Waals surface area (Å²) >= 11 is 1.46. The summed E-state index contributed by atoms with van der Waals surface area (Å²) in [6, 6.07) is 18.0. The Balaban J connectivity index is 1.26. The maximum absolute atomic E-state index is 12.8. The molecule has 2 aliphatic rings. The third-order valence-corrected chi connectivity index (χ3v) is 6.91. The summed E-state index contributed by atoms with van der Waals surface area (Å²) in [5.74, 6) is 0.0582. The van der Waals surface area contributed by atoms with Crippen molar-refractivity contribution in [1.29, 1.82) is 0 Å². The van der Waals surface area contributed by atoms with Gasteiger partial charge in [0.15, 0.2) is 5.13 Å². The molecule has 0 atom stereocenters. The number of aromatic nitrogens is 1. The van der Waals surface area contributed by atoms with E-state index in [1.165, 1.54) is 16.9 Å². The van der Waals surface area contributed by atoms with Crippen molar-refractivity contribution in [2.45, 2.75) is 24.8 Å². The van der Waals surface area contributed by atoms with Crippen LogP contribution in [0.4, 0.5) is 9.93 Å². The van der Waals surface area contributed by atoms with Gasteiger partial charge in [0.2, 0.25) is 5.91 Å². The SMILES string of the molecule is O=C1Cc2ccccc2C2(CCN(C(=O)Nc3ncc(-c4ccccc4)s3)CC2)N1. The first-order valence-corrected chi connectivity index (χ1v) is 10.9. The summed E-state index contributed by atoms with van der Waals surface area (Å²) < 4.78 is 0. The molecule has 6 nitrogen and oxygen atoms in total. The molecule has 2 aromatic carbocycles. The molecular formula is C23H22N4O2S. The Kier molecular flexibility index (Phi) is 4.75. The highest BCUT2D eigenvalue weighted by Crippen LogP contribution is 2.38. The lowest BCUT2D eigenvalue weighted by Crippen LogP contribution is -2.57. The van der Waals surface area contributed by atoms with E-state index in [9.17, 15) is 9.59 Å². The molecule has 152 valence electrons. The number of nitrogens with zero attached hydrogens (tertiary/aromatic N) is 2. The fourth-order valence-corrected chi connectivity index (χ4v) is 5.23. The number of likely N-dealkylation sites (tertiary alicyclic amines) is 1. The summed E-state index contributed by atoms with van der Waals surface area (Å²) in [5.41, 5.74) is 3.00. The minimum Gasteiger partial charge on any atom is -0.346 e. The van der Waals surface area contributed by atoms with Crippen LogP contribution in [0.1, 0.15) is 24.0 Å². The number of hydrogen-bond donors (Lipinski definition) is 2. The smallest absolute Gasteiger partial charge is 0.323 e. The fraction of sp³-hybridized carbons (Fsp3) is 0.261. The van der Waals surface area contributed by atoms with Gasteiger partial charge in [-0.05, 0) is 29.5 Å². The Morgan fingerprint density at radius 3 is 2.60 bits per heavy atom. The van der Waals surface area contributed by atoms with Crippen molar-refractivity contribution in [3.63, 3.8) is 0 Å². The van der Waals surface area contributed by atoms with Crippen molar-refractivity contribution in [3.8, 4) is 10.4 Å². The zero-order valence-corrected chi connectivity index (χ0v) is 17.2. The molecule has 1 saturated heterocycles. The molecule has 1 aromatic heterocycles. The summed E-state index contributed by atoms with van der Waals surface area (Å²) in [5, 5.41) is 6.73. The Labute approximate surface area is 178 Å². The number of benzene rings is 2. The summed E-state index contributed by atoms with van der Waals surface area (Å²) in [4.78, 5) is 32.2.